The van der Waals surface area contributed by atoms with Crippen LogP contribution in [-0.4, -0.2) is 29.1 Å². The number of hydrogen-bond donors (Lipinski definition) is 4. The molecule has 0 unspecified atom stereocenters. The Morgan fingerprint density at radius 2 is 1.48 bits per heavy atom. The van der Waals surface area contributed by atoms with E-state index in [1.807, 2.05) is 4.98 Å². The lowest BCUT2D eigenvalue weighted by Crippen LogP contribution is -2.30. The molecule has 0 atom stereocenters. The normalized spacial score (nSPS) is 9.44. The summed E-state index contributed by atoms with van der Waals surface area (Å²) in [5.41, 5.74) is -1.68. The van der Waals surface area contributed by atoms with Crippen LogP contribution in [0, 0.1) is 6.92 Å². The fourth-order valence-corrected chi connectivity index (χ4v) is 1.57. The van der Waals surface area contributed by atoms with Crippen molar-refractivity contribution in [3.63, 3.8) is 0 Å². The summed E-state index contributed by atoms with van der Waals surface area (Å²) in [6.07, 6.45) is 2.74. The lowest BCUT2D eigenvalue weighted by Gasteiger charge is -1.89. The zero-order valence-electron chi connectivity index (χ0n) is 14.7. The average molecular weight is 378 g/mol. The molecule has 0 saturated heterocycles. The maximum Gasteiger partial charge on any atom is 0.328 e. The SMILES string of the molecule is Cc1cc(=O)[nH]c(=O)[nH]1.Cn1c(=O)cc[nH]c1=O.Cn1ccc(=O)[nH]c1=O. The molecule has 0 bridgehead atoms. The second-order valence-corrected chi connectivity index (χ2v) is 5.17. The summed E-state index contributed by atoms with van der Waals surface area (Å²) in [5.74, 6) is 0. The zero-order valence-corrected chi connectivity index (χ0v) is 14.7. The fraction of sp³-hybridized carbons (Fsp3) is 0.200. The highest BCUT2D eigenvalue weighted by Crippen LogP contribution is 1.73. The number of aryl methyl sites for hydroxylation is 2. The predicted molar refractivity (Wildman–Crippen MR) is 97.0 cm³/mol. The summed E-state index contributed by atoms with van der Waals surface area (Å²) in [7, 11) is 2.99. The molecule has 0 radical (unpaired) electrons. The number of nitrogens with zero attached hydrogens (tertiary/aromatic N) is 2. The minimum absolute atomic E-state index is 0.293. The van der Waals surface area contributed by atoms with Gasteiger partial charge in [-0.1, -0.05) is 0 Å². The smallest absolute Gasteiger partial charge is 0.314 e. The standard InChI is InChI=1S/3C5H6N2O2/c1-7-3-2-4(8)6-5(7)9;1-7-4(8)2-3-6-5(7)9;1-3-2-4(8)7-5(9)6-3/h2-3H,1H3,(H,6,8,9);2-3H,1H3,(H,6,9);2H,1H3,(H2,6,7,8,9). The van der Waals surface area contributed by atoms with Gasteiger partial charge in [0.1, 0.15) is 0 Å². The van der Waals surface area contributed by atoms with Gasteiger partial charge in [-0.25, -0.2) is 14.4 Å². The molecular weight excluding hydrogens is 360 g/mol. The van der Waals surface area contributed by atoms with Crippen molar-refractivity contribution < 1.29 is 0 Å². The maximum absolute atomic E-state index is 10.6. The molecular formula is C15H18N6O6. The van der Waals surface area contributed by atoms with E-state index in [0.717, 1.165) is 4.57 Å². The van der Waals surface area contributed by atoms with Crippen LogP contribution in [0.4, 0.5) is 0 Å². The van der Waals surface area contributed by atoms with Crippen LogP contribution in [0.15, 0.2) is 59.4 Å². The highest BCUT2D eigenvalue weighted by Gasteiger charge is 1.88. The number of aromatic amines is 4. The second kappa shape index (κ2) is 9.50. The Morgan fingerprint density at radius 1 is 0.815 bits per heavy atom. The average Bonchev–Trinajstić information content (AvgIpc) is 2.56. The van der Waals surface area contributed by atoms with E-state index in [4.69, 9.17) is 0 Å². The van der Waals surface area contributed by atoms with Crippen molar-refractivity contribution in [1.82, 2.24) is 29.1 Å². The molecule has 144 valence electrons. The van der Waals surface area contributed by atoms with E-state index < -0.39 is 5.69 Å². The van der Waals surface area contributed by atoms with Crippen LogP contribution in [0.25, 0.3) is 0 Å². The summed E-state index contributed by atoms with van der Waals surface area (Å²) >= 11 is 0. The van der Waals surface area contributed by atoms with Crippen LogP contribution in [0.3, 0.4) is 0 Å². The topological polar surface area (TPSA) is 175 Å². The monoisotopic (exact) mass is 378 g/mol. The van der Waals surface area contributed by atoms with E-state index in [0.29, 0.717) is 5.69 Å². The van der Waals surface area contributed by atoms with Gasteiger partial charge >= 0.3 is 17.1 Å². The number of hydrogen-bond acceptors (Lipinski definition) is 6. The van der Waals surface area contributed by atoms with E-state index in [-0.39, 0.29) is 28.1 Å². The van der Waals surface area contributed by atoms with Crippen LogP contribution in [-0.2, 0) is 14.1 Å². The van der Waals surface area contributed by atoms with E-state index in [1.165, 1.54) is 42.2 Å². The highest BCUT2D eigenvalue weighted by molar-refractivity contribution is 4.93. The minimum atomic E-state index is -0.458. The fourth-order valence-electron chi connectivity index (χ4n) is 1.57. The number of rotatable bonds is 0. The summed E-state index contributed by atoms with van der Waals surface area (Å²) in [4.78, 5) is 71.8. The molecule has 0 amide bonds. The molecule has 27 heavy (non-hydrogen) atoms. The number of H-pyrrole nitrogens is 4. The van der Waals surface area contributed by atoms with Crippen LogP contribution in [0.1, 0.15) is 5.69 Å². The molecule has 12 heteroatoms. The van der Waals surface area contributed by atoms with Crippen LogP contribution >= 0.6 is 0 Å². The van der Waals surface area contributed by atoms with Gasteiger partial charge in [0.2, 0.25) is 0 Å². The summed E-state index contributed by atoms with van der Waals surface area (Å²) in [6.45, 7) is 1.65. The Hall–Kier alpha value is -3.96. The first kappa shape index (κ1) is 21.1. The van der Waals surface area contributed by atoms with Gasteiger partial charge in [0.05, 0.1) is 0 Å². The van der Waals surface area contributed by atoms with Gasteiger partial charge in [0, 0.05) is 50.4 Å². The van der Waals surface area contributed by atoms with Gasteiger partial charge in [-0.2, -0.15) is 0 Å². The molecule has 3 heterocycles. The van der Waals surface area contributed by atoms with Crippen LogP contribution in [0.5, 0.6) is 0 Å². The highest BCUT2D eigenvalue weighted by atomic mass is 16.2. The van der Waals surface area contributed by atoms with Crippen molar-refractivity contribution in [2.75, 3.05) is 0 Å². The Morgan fingerprint density at radius 3 is 1.93 bits per heavy atom. The predicted octanol–water partition coefficient (Wildman–Crippen LogP) is -2.48. The van der Waals surface area contributed by atoms with Gasteiger partial charge in [0.25, 0.3) is 16.7 Å². The molecule has 0 aliphatic heterocycles. The quantitative estimate of drug-likeness (QED) is 0.337. The van der Waals surface area contributed by atoms with Crippen molar-refractivity contribution in [2.45, 2.75) is 6.92 Å². The maximum atomic E-state index is 10.6. The third-order valence-electron chi connectivity index (χ3n) is 2.96. The van der Waals surface area contributed by atoms with Crippen LogP contribution < -0.4 is 33.7 Å². The molecule has 0 aliphatic carbocycles. The molecule has 0 fully saturated rings. The van der Waals surface area contributed by atoms with Crippen LogP contribution in [0.2, 0.25) is 0 Å². The molecule has 0 spiro atoms. The van der Waals surface area contributed by atoms with Gasteiger partial charge in [-0.05, 0) is 6.92 Å². The van der Waals surface area contributed by atoms with Crippen molar-refractivity contribution in [2.24, 2.45) is 14.1 Å². The van der Waals surface area contributed by atoms with Gasteiger partial charge < -0.3 is 14.5 Å². The Balaban J connectivity index is 0.000000202. The summed E-state index contributed by atoms with van der Waals surface area (Å²) < 4.78 is 2.29. The molecule has 0 aromatic carbocycles. The molecule has 4 N–H and O–H groups in total. The Bertz CT molecular complexity index is 1180. The van der Waals surface area contributed by atoms with E-state index in [9.17, 15) is 28.8 Å². The molecule has 3 aromatic heterocycles. The minimum Gasteiger partial charge on any atom is -0.314 e. The molecule has 3 aromatic rings. The first-order valence-corrected chi connectivity index (χ1v) is 7.41. The van der Waals surface area contributed by atoms with Gasteiger partial charge in [0.15, 0.2) is 0 Å². The Kier molecular flexibility index (Phi) is 7.42. The van der Waals surface area contributed by atoms with E-state index >= 15 is 0 Å². The molecule has 0 saturated carbocycles. The third-order valence-corrected chi connectivity index (χ3v) is 2.96. The van der Waals surface area contributed by atoms with E-state index in [2.05, 4.69) is 15.0 Å². The first-order valence-electron chi connectivity index (χ1n) is 7.41. The first-order chi connectivity index (χ1) is 12.6. The van der Waals surface area contributed by atoms with Gasteiger partial charge in [-0.15, -0.1) is 0 Å². The van der Waals surface area contributed by atoms with Crippen molar-refractivity contribution in [3.05, 3.63) is 98.8 Å². The van der Waals surface area contributed by atoms with Crippen molar-refractivity contribution >= 4 is 0 Å². The third kappa shape index (κ3) is 7.21. The zero-order chi connectivity index (χ0) is 20.6. The van der Waals surface area contributed by atoms with Crippen molar-refractivity contribution in [3.8, 4) is 0 Å². The second-order valence-electron chi connectivity index (χ2n) is 5.17. The van der Waals surface area contributed by atoms with Crippen molar-refractivity contribution in [1.29, 1.82) is 0 Å². The largest absolute Gasteiger partial charge is 0.328 e. The lowest BCUT2D eigenvalue weighted by atomic mass is 10.5. The van der Waals surface area contributed by atoms with E-state index in [1.54, 1.807) is 14.0 Å². The molecule has 0 aliphatic rings. The van der Waals surface area contributed by atoms with Gasteiger partial charge in [-0.3, -0.25) is 28.9 Å². The summed E-state index contributed by atoms with van der Waals surface area (Å²) in [5, 5.41) is 0. The Labute approximate surface area is 149 Å². The summed E-state index contributed by atoms with van der Waals surface area (Å²) in [6, 6.07) is 3.91. The molecule has 12 nitrogen and oxygen atoms in total. The number of aromatic nitrogens is 6. The number of nitrogens with one attached hydrogen (secondary N) is 4. The molecule has 3 rings (SSSR count). The lowest BCUT2D eigenvalue weighted by molar-refractivity contribution is 0.775.